The first kappa shape index (κ1) is 11.7. The van der Waals surface area contributed by atoms with Crippen molar-refractivity contribution in [3.63, 3.8) is 0 Å². The quantitative estimate of drug-likeness (QED) is 0.809. The fourth-order valence-corrected chi connectivity index (χ4v) is 2.00. The Morgan fingerprint density at radius 3 is 2.65 bits per heavy atom. The Bertz CT molecular complexity index is 642. The second-order valence-corrected chi connectivity index (χ2v) is 4.58. The Kier molecular flexibility index (Phi) is 3.48. The van der Waals surface area contributed by atoms with Crippen LogP contribution in [-0.2, 0) is 0 Å². The second-order valence-electron chi connectivity index (χ2n) is 4.58. The lowest BCUT2D eigenvalue weighted by Gasteiger charge is -1.88. The van der Waals surface area contributed by atoms with Crippen LogP contribution in [0.4, 0.5) is 0 Å². The van der Waals surface area contributed by atoms with Crippen LogP contribution in [0.5, 0.6) is 0 Å². The van der Waals surface area contributed by atoms with E-state index in [4.69, 9.17) is 0 Å². The molecule has 1 heterocycles. The molecule has 0 spiro atoms. The number of benzene rings is 1. The number of hydrogen-bond acceptors (Lipinski definition) is 0. The summed E-state index contributed by atoms with van der Waals surface area (Å²) in [4.78, 5) is 3.45. The highest BCUT2D eigenvalue weighted by atomic mass is 14.7. The van der Waals surface area contributed by atoms with Gasteiger partial charge in [-0.1, -0.05) is 50.3 Å². The van der Waals surface area contributed by atoms with Crippen molar-refractivity contribution >= 4 is 23.1 Å². The number of H-pyrrole nitrogens is 1. The van der Waals surface area contributed by atoms with E-state index in [-0.39, 0.29) is 0 Å². The van der Waals surface area contributed by atoms with Crippen molar-refractivity contribution in [3.05, 3.63) is 47.0 Å². The first-order valence-electron chi connectivity index (χ1n) is 6.14. The van der Waals surface area contributed by atoms with Crippen LogP contribution < -0.4 is 10.6 Å². The molecule has 0 unspecified atom stereocenters. The third kappa shape index (κ3) is 2.50. The molecule has 0 fully saturated rings. The fraction of sp³-hybridized carbons (Fsp3) is 0.250. The molecule has 1 N–H and O–H groups in total. The number of allylic oxidation sites excluding steroid dienone is 2. The number of hydrogen-bond donors (Lipinski definition) is 1. The third-order valence-corrected chi connectivity index (χ3v) is 2.82. The highest BCUT2D eigenvalue weighted by Crippen LogP contribution is 2.03. The molecule has 0 atom stereocenters. The van der Waals surface area contributed by atoms with Crippen molar-refractivity contribution in [1.29, 1.82) is 0 Å². The van der Waals surface area contributed by atoms with Gasteiger partial charge in [-0.3, -0.25) is 0 Å². The van der Waals surface area contributed by atoms with E-state index in [0.717, 1.165) is 0 Å². The Hall–Kier alpha value is -1.76. The summed E-state index contributed by atoms with van der Waals surface area (Å²) in [5.41, 5.74) is 1.20. The van der Waals surface area contributed by atoms with Crippen molar-refractivity contribution < 1.29 is 0 Å². The lowest BCUT2D eigenvalue weighted by molar-refractivity contribution is 0.832. The van der Waals surface area contributed by atoms with Crippen LogP contribution in [0, 0.1) is 5.92 Å². The van der Waals surface area contributed by atoms with E-state index in [1.54, 1.807) is 0 Å². The predicted octanol–water partition coefficient (Wildman–Crippen LogP) is 2.96. The molecule has 88 valence electrons. The molecule has 0 amide bonds. The van der Waals surface area contributed by atoms with Crippen LogP contribution in [0.15, 0.2) is 36.4 Å². The summed E-state index contributed by atoms with van der Waals surface area (Å²) in [5.74, 6) is 0.588. The van der Waals surface area contributed by atoms with Crippen molar-refractivity contribution in [2.24, 2.45) is 5.92 Å². The zero-order chi connectivity index (χ0) is 12.3. The van der Waals surface area contributed by atoms with E-state index in [1.165, 1.54) is 21.5 Å². The molecule has 0 saturated carbocycles. The molecule has 0 bridgehead atoms. The molecule has 0 aliphatic carbocycles. The molecule has 0 saturated heterocycles. The number of para-hydroxylation sites is 1. The highest BCUT2D eigenvalue weighted by molar-refractivity contribution is 5.81. The summed E-state index contributed by atoms with van der Waals surface area (Å²) >= 11 is 0. The summed E-state index contributed by atoms with van der Waals surface area (Å²) in [6.45, 7) is 6.45. The molecule has 1 nitrogen and oxygen atoms in total. The van der Waals surface area contributed by atoms with Crippen LogP contribution in [0.2, 0.25) is 0 Å². The maximum atomic E-state index is 3.45. The van der Waals surface area contributed by atoms with Crippen LogP contribution >= 0.6 is 0 Å². The van der Waals surface area contributed by atoms with Gasteiger partial charge in [-0.05, 0) is 25.0 Å². The van der Waals surface area contributed by atoms with E-state index in [2.05, 4.69) is 74.3 Å². The minimum absolute atomic E-state index is 0.588. The molecular formula is C16H19N. The summed E-state index contributed by atoms with van der Waals surface area (Å²) < 4.78 is 0. The average Bonchev–Trinajstić information content (AvgIpc) is 2.66. The third-order valence-electron chi connectivity index (χ3n) is 2.82. The topological polar surface area (TPSA) is 15.8 Å². The standard InChI is InChI=1S/C16H19N/c1-4-13-14-9-5-6-10-16(14)17-15(13)11-7-8-12(2)3/h4-12,17H,1-3H3/b8-7-,13-4-,15-11+. The number of aromatic amines is 1. The maximum absolute atomic E-state index is 3.45. The molecule has 2 aromatic rings. The normalized spacial score (nSPS) is 14.6. The van der Waals surface area contributed by atoms with Gasteiger partial charge in [-0.25, -0.2) is 0 Å². The first-order valence-corrected chi connectivity index (χ1v) is 6.14. The van der Waals surface area contributed by atoms with Gasteiger partial charge in [0.2, 0.25) is 0 Å². The van der Waals surface area contributed by atoms with Gasteiger partial charge < -0.3 is 4.98 Å². The SMILES string of the molecule is C\C=c1/c(=C\C=C/C(C)C)[nH]c2ccccc12. The summed E-state index contributed by atoms with van der Waals surface area (Å²) in [6, 6.07) is 8.42. The number of fused-ring (bicyclic) bond motifs is 1. The van der Waals surface area contributed by atoms with Gasteiger partial charge >= 0.3 is 0 Å². The van der Waals surface area contributed by atoms with Crippen LogP contribution in [0.25, 0.3) is 23.1 Å². The van der Waals surface area contributed by atoms with Crippen LogP contribution in [0.1, 0.15) is 20.8 Å². The van der Waals surface area contributed by atoms with Gasteiger partial charge in [-0.15, -0.1) is 0 Å². The van der Waals surface area contributed by atoms with Gasteiger partial charge in [0.05, 0.1) is 0 Å². The van der Waals surface area contributed by atoms with E-state index in [1.807, 2.05) is 0 Å². The smallest absolute Gasteiger partial charge is 0.0464 e. The van der Waals surface area contributed by atoms with Gasteiger partial charge in [0.1, 0.15) is 0 Å². The second kappa shape index (κ2) is 5.05. The highest BCUT2D eigenvalue weighted by Gasteiger charge is 1.96. The number of rotatable bonds is 2. The van der Waals surface area contributed by atoms with E-state index in [0.29, 0.717) is 5.92 Å². The Morgan fingerprint density at radius 1 is 1.18 bits per heavy atom. The molecule has 2 rings (SSSR count). The summed E-state index contributed by atoms with van der Waals surface area (Å²) in [7, 11) is 0. The summed E-state index contributed by atoms with van der Waals surface area (Å²) in [5, 5.41) is 3.76. The predicted molar refractivity (Wildman–Crippen MR) is 76.1 cm³/mol. The zero-order valence-corrected chi connectivity index (χ0v) is 10.7. The Balaban J connectivity index is 2.63. The molecule has 1 aromatic heterocycles. The van der Waals surface area contributed by atoms with Crippen LogP contribution in [0.3, 0.4) is 0 Å². The van der Waals surface area contributed by atoms with Gasteiger partial charge in [-0.2, -0.15) is 0 Å². The molecule has 17 heavy (non-hydrogen) atoms. The Labute approximate surface area is 102 Å². The van der Waals surface area contributed by atoms with Crippen molar-refractivity contribution in [1.82, 2.24) is 4.98 Å². The van der Waals surface area contributed by atoms with E-state index >= 15 is 0 Å². The largest absolute Gasteiger partial charge is 0.355 e. The van der Waals surface area contributed by atoms with Gasteiger partial charge in [0, 0.05) is 21.5 Å². The maximum Gasteiger partial charge on any atom is 0.0464 e. The van der Waals surface area contributed by atoms with E-state index < -0.39 is 0 Å². The zero-order valence-electron chi connectivity index (χ0n) is 10.7. The van der Waals surface area contributed by atoms with Crippen molar-refractivity contribution in [2.45, 2.75) is 20.8 Å². The lowest BCUT2D eigenvalue weighted by Crippen LogP contribution is -2.21. The number of aromatic nitrogens is 1. The minimum Gasteiger partial charge on any atom is -0.355 e. The molecule has 0 radical (unpaired) electrons. The molecule has 0 aliphatic heterocycles. The minimum atomic E-state index is 0.588. The molecule has 1 aromatic carbocycles. The Morgan fingerprint density at radius 2 is 1.94 bits per heavy atom. The number of nitrogens with one attached hydrogen (secondary N) is 1. The summed E-state index contributed by atoms with van der Waals surface area (Å²) in [6.07, 6.45) is 8.64. The molecular weight excluding hydrogens is 206 g/mol. The molecule has 1 heteroatoms. The van der Waals surface area contributed by atoms with E-state index in [9.17, 15) is 0 Å². The monoisotopic (exact) mass is 225 g/mol. The van der Waals surface area contributed by atoms with Gasteiger partial charge in [0.15, 0.2) is 0 Å². The van der Waals surface area contributed by atoms with Crippen molar-refractivity contribution in [2.75, 3.05) is 0 Å². The first-order chi connectivity index (χ1) is 8.22. The van der Waals surface area contributed by atoms with Crippen LogP contribution in [-0.4, -0.2) is 4.98 Å². The average molecular weight is 225 g/mol. The molecule has 0 aliphatic rings. The lowest BCUT2D eigenvalue weighted by atomic mass is 10.2. The van der Waals surface area contributed by atoms with Crippen molar-refractivity contribution in [3.8, 4) is 0 Å². The van der Waals surface area contributed by atoms with Gasteiger partial charge in [0.25, 0.3) is 0 Å². The fourth-order valence-electron chi connectivity index (χ4n) is 2.00.